The number of hydrogen-bond acceptors (Lipinski definition) is 7. The summed E-state index contributed by atoms with van der Waals surface area (Å²) in [5.74, 6) is 0.0855. The number of fused-ring (bicyclic) bond motifs is 1. The van der Waals surface area contributed by atoms with Gasteiger partial charge >= 0.3 is 18.3 Å². The number of anilines is 2. The summed E-state index contributed by atoms with van der Waals surface area (Å²) in [7, 11) is 0. The van der Waals surface area contributed by atoms with Crippen molar-refractivity contribution in [2.45, 2.75) is 75.9 Å². The second-order valence-corrected chi connectivity index (χ2v) is 13.1. The van der Waals surface area contributed by atoms with E-state index in [0.29, 0.717) is 44.3 Å². The summed E-state index contributed by atoms with van der Waals surface area (Å²) in [6, 6.07) is 5.85. The van der Waals surface area contributed by atoms with Gasteiger partial charge < -0.3 is 30.1 Å². The van der Waals surface area contributed by atoms with Gasteiger partial charge in [-0.3, -0.25) is 10.1 Å². The van der Waals surface area contributed by atoms with E-state index < -0.39 is 35.5 Å². The van der Waals surface area contributed by atoms with Crippen LogP contribution in [0.15, 0.2) is 30.5 Å². The summed E-state index contributed by atoms with van der Waals surface area (Å²) in [4.78, 5) is 51.6. The molecule has 11 nitrogen and oxygen atoms in total. The monoisotopic (exact) mass is 677 g/mol. The van der Waals surface area contributed by atoms with Crippen molar-refractivity contribution < 1.29 is 32.3 Å². The second kappa shape index (κ2) is 13.8. The van der Waals surface area contributed by atoms with Crippen molar-refractivity contribution in [3.05, 3.63) is 52.2 Å². The molecule has 1 aromatic heterocycles. The maximum Gasteiger partial charge on any atom is 0.418 e. The Kier molecular flexibility index (Phi) is 9.70. The number of nitrogens with one attached hydrogen (secondary N) is 1. The molecule has 5 heterocycles. The van der Waals surface area contributed by atoms with Crippen LogP contribution >= 0.6 is 11.6 Å². The Morgan fingerprint density at radius 1 is 1.02 bits per heavy atom. The maximum atomic E-state index is 13.9. The molecule has 15 heteroatoms. The normalized spacial score (nSPS) is 20.6. The highest BCUT2D eigenvalue weighted by Crippen LogP contribution is 2.38. The van der Waals surface area contributed by atoms with Crippen LogP contribution < -0.4 is 11.1 Å². The number of rotatable bonds is 6. The number of benzene rings is 1. The molecule has 0 aliphatic carbocycles. The Morgan fingerprint density at radius 3 is 2.36 bits per heavy atom. The fourth-order valence-corrected chi connectivity index (χ4v) is 7.38. The summed E-state index contributed by atoms with van der Waals surface area (Å²) in [6.45, 7) is 3.98. The van der Waals surface area contributed by atoms with E-state index >= 15 is 0 Å². The lowest BCUT2D eigenvalue weighted by atomic mass is 10.00. The zero-order chi connectivity index (χ0) is 33.3. The van der Waals surface area contributed by atoms with Crippen molar-refractivity contribution >= 4 is 41.1 Å². The Hall–Kier alpha value is -3.78. The smallest absolute Gasteiger partial charge is 0.418 e. The first-order valence-corrected chi connectivity index (χ1v) is 16.5. The molecule has 0 saturated carbocycles. The number of alkyl halides is 3. The third kappa shape index (κ3) is 7.38. The first kappa shape index (κ1) is 33.1. The largest absolute Gasteiger partial charge is 0.436 e. The number of amides is 4. The molecule has 254 valence electrons. The van der Waals surface area contributed by atoms with Gasteiger partial charge in [0.15, 0.2) is 6.10 Å². The number of halogens is 4. The predicted octanol–water partition coefficient (Wildman–Crippen LogP) is 4.98. The van der Waals surface area contributed by atoms with Gasteiger partial charge in [0.05, 0.1) is 22.8 Å². The summed E-state index contributed by atoms with van der Waals surface area (Å²) >= 11 is 6.08. The van der Waals surface area contributed by atoms with Gasteiger partial charge in [0.25, 0.3) is 5.91 Å². The molecule has 3 fully saturated rings. The lowest BCUT2D eigenvalue weighted by Crippen LogP contribution is -2.53. The zero-order valence-electron chi connectivity index (χ0n) is 26.0. The van der Waals surface area contributed by atoms with Crippen molar-refractivity contribution in [2.24, 2.45) is 0 Å². The van der Waals surface area contributed by atoms with Crippen molar-refractivity contribution in [2.75, 3.05) is 50.3 Å². The lowest BCUT2D eigenvalue weighted by molar-refractivity contribution is -0.142. The van der Waals surface area contributed by atoms with Gasteiger partial charge in [0.2, 0.25) is 0 Å². The quantitative estimate of drug-likeness (QED) is 0.413. The Labute approximate surface area is 276 Å². The summed E-state index contributed by atoms with van der Waals surface area (Å²) in [6.07, 6.45) is -0.678. The van der Waals surface area contributed by atoms with Crippen LogP contribution in [0.3, 0.4) is 0 Å². The minimum atomic E-state index is -4.76. The highest BCUT2D eigenvalue weighted by atomic mass is 35.5. The lowest BCUT2D eigenvalue weighted by Gasteiger charge is -2.40. The number of hydrogen-bond donors (Lipinski definition) is 2. The van der Waals surface area contributed by atoms with E-state index in [4.69, 9.17) is 22.1 Å². The van der Waals surface area contributed by atoms with E-state index in [1.54, 1.807) is 16.0 Å². The van der Waals surface area contributed by atoms with Gasteiger partial charge in [0.1, 0.15) is 5.82 Å². The summed E-state index contributed by atoms with van der Waals surface area (Å²) in [5, 5.41) is 2.52. The van der Waals surface area contributed by atoms with E-state index in [1.165, 1.54) is 11.0 Å². The molecule has 1 atom stereocenters. The van der Waals surface area contributed by atoms with E-state index in [9.17, 15) is 27.6 Å². The van der Waals surface area contributed by atoms with Gasteiger partial charge in [-0.2, -0.15) is 13.2 Å². The first-order chi connectivity index (χ1) is 22.5. The number of piperidine rings is 2. The van der Waals surface area contributed by atoms with Crippen LogP contribution in [-0.4, -0.2) is 100 Å². The number of urea groups is 1. The molecule has 4 amide bonds. The SMILES string of the molecule is Nc1c(Cl)cc(C[C@@H](OC(=O)N2CCC(N3Cc4cccnc4NC3=O)CC2)C(=O)N2CCC(N3CCCC3)CC2)cc1C(F)(F)F. The van der Waals surface area contributed by atoms with Crippen LogP contribution in [0, 0.1) is 0 Å². The molecule has 4 aliphatic heterocycles. The second-order valence-electron chi connectivity index (χ2n) is 12.7. The van der Waals surface area contributed by atoms with Gasteiger partial charge in [-0.25, -0.2) is 14.6 Å². The summed E-state index contributed by atoms with van der Waals surface area (Å²) < 4.78 is 47.0. The van der Waals surface area contributed by atoms with Crippen LogP contribution in [0.25, 0.3) is 0 Å². The van der Waals surface area contributed by atoms with Crippen LogP contribution in [0.2, 0.25) is 5.02 Å². The van der Waals surface area contributed by atoms with Crippen molar-refractivity contribution in [1.82, 2.24) is 24.6 Å². The average Bonchev–Trinajstić information content (AvgIpc) is 3.60. The number of nitrogens with zero attached hydrogens (tertiary/aromatic N) is 5. The minimum absolute atomic E-state index is 0.0826. The molecule has 2 aromatic rings. The van der Waals surface area contributed by atoms with Crippen LogP contribution in [0.4, 0.5) is 34.3 Å². The zero-order valence-corrected chi connectivity index (χ0v) is 26.7. The average molecular weight is 678 g/mol. The van der Waals surface area contributed by atoms with Crippen LogP contribution in [0.5, 0.6) is 0 Å². The molecule has 0 unspecified atom stereocenters. The molecule has 0 spiro atoms. The third-order valence-electron chi connectivity index (χ3n) is 9.75. The molecular weight excluding hydrogens is 639 g/mol. The number of nitrogens with two attached hydrogens (primary N) is 1. The molecule has 6 rings (SSSR count). The van der Waals surface area contributed by atoms with Gasteiger partial charge in [-0.05, 0) is 75.4 Å². The number of carbonyl (C=O) groups is 3. The Balaban J connectivity index is 1.13. The molecule has 3 N–H and O–H groups in total. The number of ether oxygens (including phenoxy) is 1. The van der Waals surface area contributed by atoms with E-state index in [-0.39, 0.29) is 42.2 Å². The first-order valence-electron chi connectivity index (χ1n) is 16.1. The summed E-state index contributed by atoms with van der Waals surface area (Å²) in [5.41, 5.74) is 4.91. The topological polar surface area (TPSA) is 124 Å². The van der Waals surface area contributed by atoms with E-state index in [0.717, 1.165) is 50.4 Å². The van der Waals surface area contributed by atoms with Crippen molar-refractivity contribution in [3.8, 4) is 0 Å². The predicted molar refractivity (Wildman–Crippen MR) is 169 cm³/mol. The highest BCUT2D eigenvalue weighted by molar-refractivity contribution is 6.33. The number of nitrogen functional groups attached to an aromatic ring is 1. The van der Waals surface area contributed by atoms with Crippen molar-refractivity contribution in [3.63, 3.8) is 0 Å². The molecule has 3 saturated heterocycles. The molecule has 0 bridgehead atoms. The Bertz CT molecular complexity index is 1490. The fourth-order valence-electron chi connectivity index (χ4n) is 7.14. The third-order valence-corrected chi connectivity index (χ3v) is 10.1. The van der Waals surface area contributed by atoms with Gasteiger partial charge in [-0.15, -0.1) is 0 Å². The Morgan fingerprint density at radius 2 is 1.68 bits per heavy atom. The fraction of sp³-hybridized carbons (Fsp3) is 0.562. The number of pyridine rings is 1. The van der Waals surface area contributed by atoms with Crippen molar-refractivity contribution in [1.29, 1.82) is 0 Å². The van der Waals surface area contributed by atoms with E-state index in [1.807, 2.05) is 12.1 Å². The number of likely N-dealkylation sites (tertiary alicyclic amines) is 3. The highest BCUT2D eigenvalue weighted by Gasteiger charge is 2.38. The number of aromatic nitrogens is 1. The van der Waals surface area contributed by atoms with Crippen LogP contribution in [0.1, 0.15) is 55.2 Å². The number of carbonyl (C=O) groups excluding carboxylic acids is 3. The standard InChI is InChI=1S/C32H39ClF3N7O4/c33-25-17-20(16-24(27(25)37)32(34,35)36)18-26(29(44)41-12-5-22(6-13-41)40-10-1-2-11-40)47-31(46)42-14-7-23(8-15-42)43-19-21-4-3-9-38-28(21)39-30(43)45/h3-4,9,16-17,22-23,26H,1-2,5-8,10-15,18-19,37H2,(H,38,39,45)/t26-/m1/s1. The molecular formula is C32H39ClF3N7O4. The van der Waals surface area contributed by atoms with Gasteiger partial charge in [-0.1, -0.05) is 17.7 Å². The van der Waals surface area contributed by atoms with E-state index in [2.05, 4.69) is 15.2 Å². The minimum Gasteiger partial charge on any atom is -0.436 e. The van der Waals surface area contributed by atoms with Crippen LogP contribution in [-0.2, 0) is 28.7 Å². The molecule has 4 aliphatic rings. The maximum absolute atomic E-state index is 13.9. The molecule has 1 aromatic carbocycles. The molecule has 0 radical (unpaired) electrons. The van der Waals surface area contributed by atoms with Gasteiger partial charge in [0, 0.05) is 56.4 Å². The molecule has 47 heavy (non-hydrogen) atoms.